The van der Waals surface area contributed by atoms with Crippen molar-refractivity contribution >= 4 is 0 Å². The van der Waals surface area contributed by atoms with Gasteiger partial charge in [0.1, 0.15) is 5.82 Å². The minimum atomic E-state index is -0.0784. The van der Waals surface area contributed by atoms with Crippen LogP contribution < -0.4 is 5.32 Å². The standard InChI is InChI=1S/C12H16FN/c1-2-9-7-8-14-12(9)10-5-3-4-6-11(10)13/h3-6,9,12,14H,2,7-8H2,1H3. The van der Waals surface area contributed by atoms with Crippen LogP contribution in [0.5, 0.6) is 0 Å². The van der Waals surface area contributed by atoms with Crippen molar-refractivity contribution in [3.63, 3.8) is 0 Å². The maximum absolute atomic E-state index is 13.5. The van der Waals surface area contributed by atoms with E-state index in [2.05, 4.69) is 12.2 Å². The van der Waals surface area contributed by atoms with Crippen LogP contribution in [0.3, 0.4) is 0 Å². The second-order valence-corrected chi connectivity index (χ2v) is 3.91. The van der Waals surface area contributed by atoms with Gasteiger partial charge in [-0.1, -0.05) is 31.5 Å². The maximum Gasteiger partial charge on any atom is 0.127 e. The largest absolute Gasteiger partial charge is 0.310 e. The Balaban J connectivity index is 2.26. The quantitative estimate of drug-likeness (QED) is 0.761. The van der Waals surface area contributed by atoms with Gasteiger partial charge in [0.25, 0.3) is 0 Å². The molecule has 2 atom stereocenters. The fourth-order valence-electron chi connectivity index (χ4n) is 2.29. The highest BCUT2D eigenvalue weighted by molar-refractivity contribution is 5.22. The first-order valence-corrected chi connectivity index (χ1v) is 5.30. The lowest BCUT2D eigenvalue weighted by Crippen LogP contribution is -2.18. The van der Waals surface area contributed by atoms with Gasteiger partial charge in [0, 0.05) is 11.6 Å². The molecule has 1 fully saturated rings. The molecule has 0 saturated carbocycles. The van der Waals surface area contributed by atoms with Gasteiger partial charge in [-0.05, 0) is 24.9 Å². The van der Waals surface area contributed by atoms with Gasteiger partial charge in [-0.25, -0.2) is 4.39 Å². The van der Waals surface area contributed by atoms with Crippen molar-refractivity contribution in [2.45, 2.75) is 25.8 Å². The Morgan fingerprint density at radius 1 is 1.43 bits per heavy atom. The molecular weight excluding hydrogens is 177 g/mol. The highest BCUT2D eigenvalue weighted by Crippen LogP contribution is 2.32. The summed E-state index contributed by atoms with van der Waals surface area (Å²) in [4.78, 5) is 0. The second-order valence-electron chi connectivity index (χ2n) is 3.91. The van der Waals surface area contributed by atoms with Crippen molar-refractivity contribution in [2.75, 3.05) is 6.54 Å². The van der Waals surface area contributed by atoms with Crippen molar-refractivity contribution in [3.05, 3.63) is 35.6 Å². The normalized spacial score (nSPS) is 26.7. The predicted molar refractivity (Wildman–Crippen MR) is 55.5 cm³/mol. The monoisotopic (exact) mass is 193 g/mol. The molecule has 0 spiro atoms. The molecule has 1 heterocycles. The molecule has 2 heteroatoms. The van der Waals surface area contributed by atoms with E-state index < -0.39 is 0 Å². The number of hydrogen-bond donors (Lipinski definition) is 1. The van der Waals surface area contributed by atoms with Gasteiger partial charge in [0.2, 0.25) is 0 Å². The molecule has 0 aromatic heterocycles. The summed E-state index contributed by atoms with van der Waals surface area (Å²) in [5.41, 5.74) is 0.830. The van der Waals surface area contributed by atoms with E-state index in [1.807, 2.05) is 12.1 Å². The van der Waals surface area contributed by atoms with Crippen LogP contribution in [0, 0.1) is 11.7 Å². The molecule has 0 radical (unpaired) electrons. The third-order valence-corrected chi connectivity index (χ3v) is 3.12. The summed E-state index contributed by atoms with van der Waals surface area (Å²) < 4.78 is 13.5. The Morgan fingerprint density at radius 2 is 2.21 bits per heavy atom. The Hall–Kier alpha value is -0.890. The lowest BCUT2D eigenvalue weighted by Gasteiger charge is -2.18. The summed E-state index contributed by atoms with van der Waals surface area (Å²) in [6, 6.07) is 7.31. The molecule has 1 saturated heterocycles. The Kier molecular flexibility index (Phi) is 2.82. The lowest BCUT2D eigenvalue weighted by atomic mass is 9.92. The predicted octanol–water partition coefficient (Wildman–Crippen LogP) is 2.89. The van der Waals surface area contributed by atoms with E-state index in [0.717, 1.165) is 24.9 Å². The van der Waals surface area contributed by atoms with E-state index in [4.69, 9.17) is 0 Å². The van der Waals surface area contributed by atoms with Crippen LogP contribution in [0.2, 0.25) is 0 Å². The van der Waals surface area contributed by atoms with Gasteiger partial charge >= 0.3 is 0 Å². The van der Waals surface area contributed by atoms with Crippen LogP contribution in [0.25, 0.3) is 0 Å². The summed E-state index contributed by atoms with van der Waals surface area (Å²) in [5.74, 6) is 0.511. The summed E-state index contributed by atoms with van der Waals surface area (Å²) in [5, 5.41) is 3.37. The number of rotatable bonds is 2. The van der Waals surface area contributed by atoms with Gasteiger partial charge in [-0.15, -0.1) is 0 Å². The average Bonchev–Trinajstić information content (AvgIpc) is 2.66. The van der Waals surface area contributed by atoms with Crippen molar-refractivity contribution in [1.29, 1.82) is 0 Å². The molecule has 2 unspecified atom stereocenters. The van der Waals surface area contributed by atoms with Crippen LogP contribution in [0.4, 0.5) is 4.39 Å². The zero-order valence-electron chi connectivity index (χ0n) is 8.46. The van der Waals surface area contributed by atoms with E-state index in [-0.39, 0.29) is 11.9 Å². The van der Waals surface area contributed by atoms with Crippen LogP contribution in [0.1, 0.15) is 31.4 Å². The molecule has 1 aromatic carbocycles. The minimum Gasteiger partial charge on any atom is -0.310 e. The molecule has 1 nitrogen and oxygen atoms in total. The molecule has 0 bridgehead atoms. The zero-order valence-corrected chi connectivity index (χ0v) is 8.46. The van der Waals surface area contributed by atoms with Gasteiger partial charge < -0.3 is 5.32 Å². The summed E-state index contributed by atoms with van der Waals surface area (Å²) in [6.07, 6.45) is 2.28. The lowest BCUT2D eigenvalue weighted by molar-refractivity contribution is 0.432. The Labute approximate surface area is 84.3 Å². The molecule has 0 aliphatic carbocycles. The van der Waals surface area contributed by atoms with Gasteiger partial charge in [0.15, 0.2) is 0 Å². The first-order valence-electron chi connectivity index (χ1n) is 5.30. The number of hydrogen-bond acceptors (Lipinski definition) is 1. The topological polar surface area (TPSA) is 12.0 Å². The summed E-state index contributed by atoms with van der Waals surface area (Å²) >= 11 is 0. The number of halogens is 1. The van der Waals surface area contributed by atoms with Gasteiger partial charge in [-0.3, -0.25) is 0 Å². The van der Waals surface area contributed by atoms with Crippen molar-refractivity contribution in [2.24, 2.45) is 5.92 Å². The molecule has 2 rings (SSSR count). The Morgan fingerprint density at radius 3 is 2.93 bits per heavy atom. The van der Waals surface area contributed by atoms with E-state index in [1.165, 1.54) is 0 Å². The molecule has 1 aromatic rings. The summed E-state index contributed by atoms with van der Waals surface area (Å²) in [6.45, 7) is 3.18. The molecule has 1 aliphatic rings. The number of nitrogens with one attached hydrogen (secondary N) is 1. The molecule has 76 valence electrons. The summed E-state index contributed by atoms with van der Waals surface area (Å²) in [7, 11) is 0. The average molecular weight is 193 g/mol. The fourth-order valence-corrected chi connectivity index (χ4v) is 2.29. The van der Waals surface area contributed by atoms with E-state index in [1.54, 1.807) is 12.1 Å². The van der Waals surface area contributed by atoms with E-state index in [9.17, 15) is 4.39 Å². The first-order chi connectivity index (χ1) is 6.83. The van der Waals surface area contributed by atoms with E-state index >= 15 is 0 Å². The number of benzene rings is 1. The highest BCUT2D eigenvalue weighted by Gasteiger charge is 2.28. The van der Waals surface area contributed by atoms with Crippen molar-refractivity contribution in [1.82, 2.24) is 5.32 Å². The molecule has 1 N–H and O–H groups in total. The second kappa shape index (κ2) is 4.09. The first kappa shape index (κ1) is 9.66. The molecule has 1 aliphatic heterocycles. The van der Waals surface area contributed by atoms with Gasteiger partial charge in [-0.2, -0.15) is 0 Å². The van der Waals surface area contributed by atoms with E-state index in [0.29, 0.717) is 5.92 Å². The fraction of sp³-hybridized carbons (Fsp3) is 0.500. The molecule has 0 amide bonds. The zero-order chi connectivity index (χ0) is 9.97. The van der Waals surface area contributed by atoms with Crippen molar-refractivity contribution in [3.8, 4) is 0 Å². The van der Waals surface area contributed by atoms with Crippen LogP contribution in [0.15, 0.2) is 24.3 Å². The Bertz CT molecular complexity index is 311. The van der Waals surface area contributed by atoms with Crippen LogP contribution in [-0.4, -0.2) is 6.54 Å². The maximum atomic E-state index is 13.5. The minimum absolute atomic E-state index is 0.0784. The molecule has 14 heavy (non-hydrogen) atoms. The van der Waals surface area contributed by atoms with Gasteiger partial charge in [0.05, 0.1) is 0 Å². The SMILES string of the molecule is CCC1CCNC1c1ccccc1F. The van der Waals surface area contributed by atoms with Crippen molar-refractivity contribution < 1.29 is 4.39 Å². The smallest absolute Gasteiger partial charge is 0.127 e. The third kappa shape index (κ3) is 1.67. The third-order valence-electron chi connectivity index (χ3n) is 3.12. The van der Waals surface area contributed by atoms with Crippen LogP contribution >= 0.6 is 0 Å². The van der Waals surface area contributed by atoms with Crippen LogP contribution in [-0.2, 0) is 0 Å². The highest BCUT2D eigenvalue weighted by atomic mass is 19.1. The molecular formula is C12H16FN.